The van der Waals surface area contributed by atoms with Crippen molar-refractivity contribution in [1.29, 1.82) is 0 Å². The highest BCUT2D eigenvalue weighted by atomic mass is 32.2. The molecule has 0 saturated carbocycles. The summed E-state index contributed by atoms with van der Waals surface area (Å²) >= 11 is 1.49. The molecule has 0 unspecified atom stereocenters. The first-order valence-electron chi connectivity index (χ1n) is 8.81. The predicted molar refractivity (Wildman–Crippen MR) is 107 cm³/mol. The van der Waals surface area contributed by atoms with Gasteiger partial charge in [0.1, 0.15) is 5.82 Å². The van der Waals surface area contributed by atoms with Gasteiger partial charge in [-0.1, -0.05) is 29.4 Å². The minimum absolute atomic E-state index is 0.142. The Morgan fingerprint density at radius 1 is 1.14 bits per heavy atom. The van der Waals surface area contributed by atoms with E-state index < -0.39 is 0 Å². The number of imidazole rings is 1. The summed E-state index contributed by atoms with van der Waals surface area (Å²) in [5, 5.41) is 6.76. The third-order valence-corrected chi connectivity index (χ3v) is 5.40. The van der Waals surface area contributed by atoms with E-state index in [9.17, 15) is 4.79 Å². The van der Waals surface area contributed by atoms with Crippen molar-refractivity contribution in [3.63, 3.8) is 0 Å². The topological polar surface area (TPSA) is 85.8 Å². The first-order chi connectivity index (χ1) is 13.6. The van der Waals surface area contributed by atoms with E-state index in [0.29, 0.717) is 29.6 Å². The second-order valence-electron chi connectivity index (χ2n) is 6.28. The number of aryl methyl sites for hydroxylation is 2. The van der Waals surface area contributed by atoms with Crippen LogP contribution in [-0.2, 0) is 19.3 Å². The normalized spacial score (nSPS) is 11.1. The maximum Gasteiger partial charge on any atom is 0.252 e. The molecule has 8 heteroatoms. The van der Waals surface area contributed by atoms with Gasteiger partial charge < -0.3 is 14.4 Å². The van der Waals surface area contributed by atoms with Crippen molar-refractivity contribution in [3.8, 4) is 0 Å². The zero-order valence-corrected chi connectivity index (χ0v) is 16.4. The minimum atomic E-state index is -0.142. The molecular formula is C20H19N5O2S. The number of carbonyl (C=O) groups excluding carboxylic acids is 1. The number of nitrogens with zero attached hydrogens (tertiary/aromatic N) is 4. The first kappa shape index (κ1) is 18.2. The van der Waals surface area contributed by atoms with Crippen LogP contribution in [0, 0.1) is 6.92 Å². The highest BCUT2D eigenvalue weighted by Crippen LogP contribution is 2.26. The van der Waals surface area contributed by atoms with Gasteiger partial charge in [-0.05, 0) is 31.2 Å². The molecule has 2 aromatic carbocycles. The number of hydrogen-bond acceptors (Lipinski definition) is 6. The van der Waals surface area contributed by atoms with Crippen LogP contribution < -0.4 is 5.32 Å². The molecule has 2 aromatic heterocycles. The fraction of sp³-hybridized carbons (Fsp3) is 0.200. The second-order valence-corrected chi connectivity index (χ2v) is 7.30. The fourth-order valence-corrected chi connectivity index (χ4v) is 3.81. The van der Waals surface area contributed by atoms with Gasteiger partial charge in [-0.15, -0.1) is 11.8 Å². The van der Waals surface area contributed by atoms with E-state index in [1.807, 2.05) is 60.1 Å². The third kappa shape index (κ3) is 3.77. The standard InChI is InChI=1S/C20H19N5O2S/c1-13-22-19(27-24-13)12-28-17-10-6-3-7-14(17)20(26)21-11-18-23-15-8-4-5-9-16(15)25(18)2/h3-10H,11-12H2,1-2H3,(H,21,26). The monoisotopic (exact) mass is 393 g/mol. The molecule has 0 aliphatic heterocycles. The van der Waals surface area contributed by atoms with Crippen LogP contribution in [0.25, 0.3) is 11.0 Å². The highest BCUT2D eigenvalue weighted by molar-refractivity contribution is 7.98. The number of para-hydroxylation sites is 2. The number of aromatic nitrogens is 4. The summed E-state index contributed by atoms with van der Waals surface area (Å²) in [4.78, 5) is 22.4. The van der Waals surface area contributed by atoms with Crippen molar-refractivity contribution >= 4 is 28.7 Å². The molecule has 7 nitrogen and oxygen atoms in total. The zero-order valence-electron chi connectivity index (χ0n) is 15.5. The fourth-order valence-electron chi connectivity index (χ4n) is 2.93. The molecule has 0 fully saturated rings. The van der Waals surface area contributed by atoms with Gasteiger partial charge in [0.05, 0.1) is 28.9 Å². The van der Waals surface area contributed by atoms with E-state index in [1.165, 1.54) is 11.8 Å². The molecule has 0 atom stereocenters. The quantitative estimate of drug-likeness (QED) is 0.505. The number of thioether (sulfide) groups is 1. The van der Waals surface area contributed by atoms with Crippen molar-refractivity contribution in [1.82, 2.24) is 25.0 Å². The number of carbonyl (C=O) groups is 1. The summed E-state index contributed by atoms with van der Waals surface area (Å²) in [6, 6.07) is 15.4. The average molecular weight is 393 g/mol. The van der Waals surface area contributed by atoms with Gasteiger partial charge in [0.15, 0.2) is 5.82 Å². The molecule has 0 spiro atoms. The van der Waals surface area contributed by atoms with Crippen molar-refractivity contribution in [3.05, 3.63) is 71.6 Å². The molecule has 0 radical (unpaired) electrons. The smallest absolute Gasteiger partial charge is 0.252 e. The van der Waals surface area contributed by atoms with Crippen LogP contribution in [0.15, 0.2) is 57.9 Å². The summed E-state index contributed by atoms with van der Waals surface area (Å²) in [5.74, 6) is 2.31. The van der Waals surface area contributed by atoms with E-state index in [2.05, 4.69) is 20.4 Å². The van der Waals surface area contributed by atoms with Gasteiger partial charge in [-0.25, -0.2) is 4.98 Å². The van der Waals surface area contributed by atoms with Crippen molar-refractivity contribution < 1.29 is 9.32 Å². The molecule has 4 aromatic rings. The molecular weight excluding hydrogens is 374 g/mol. The van der Waals surface area contributed by atoms with Crippen molar-refractivity contribution in [2.75, 3.05) is 0 Å². The molecule has 28 heavy (non-hydrogen) atoms. The Kier molecular flexibility index (Phi) is 5.12. The Bertz CT molecular complexity index is 1130. The summed E-state index contributed by atoms with van der Waals surface area (Å²) in [7, 11) is 1.95. The van der Waals surface area contributed by atoms with Gasteiger partial charge >= 0.3 is 0 Å². The first-order valence-corrected chi connectivity index (χ1v) is 9.80. The van der Waals surface area contributed by atoms with E-state index in [1.54, 1.807) is 6.92 Å². The molecule has 142 valence electrons. The van der Waals surface area contributed by atoms with Crippen molar-refractivity contribution in [2.45, 2.75) is 24.1 Å². The van der Waals surface area contributed by atoms with Crippen LogP contribution in [0.5, 0.6) is 0 Å². The highest BCUT2D eigenvalue weighted by Gasteiger charge is 2.14. The van der Waals surface area contributed by atoms with Crippen LogP contribution in [0.2, 0.25) is 0 Å². The summed E-state index contributed by atoms with van der Waals surface area (Å²) in [6.45, 7) is 2.13. The third-order valence-electron chi connectivity index (χ3n) is 4.34. The van der Waals surface area contributed by atoms with E-state index >= 15 is 0 Å². The molecule has 1 N–H and O–H groups in total. The van der Waals surface area contributed by atoms with Crippen LogP contribution >= 0.6 is 11.8 Å². The van der Waals surface area contributed by atoms with Crippen molar-refractivity contribution in [2.24, 2.45) is 7.05 Å². The Morgan fingerprint density at radius 3 is 2.71 bits per heavy atom. The van der Waals surface area contributed by atoms with Gasteiger partial charge in [0, 0.05) is 11.9 Å². The SMILES string of the molecule is Cc1noc(CSc2ccccc2C(=O)NCc2nc3ccccc3n2C)n1. The molecule has 0 bridgehead atoms. The summed E-state index contributed by atoms with van der Waals surface area (Å²) in [5.41, 5.74) is 2.57. The lowest BCUT2D eigenvalue weighted by atomic mass is 10.2. The molecule has 2 heterocycles. The van der Waals surface area contributed by atoms with Crippen LogP contribution in [0.1, 0.15) is 27.9 Å². The van der Waals surface area contributed by atoms with Gasteiger partial charge in [0.2, 0.25) is 5.89 Å². The molecule has 0 aliphatic carbocycles. The van der Waals surface area contributed by atoms with Gasteiger partial charge in [-0.3, -0.25) is 4.79 Å². The second kappa shape index (κ2) is 7.85. The molecule has 0 aliphatic rings. The number of amides is 1. The maximum atomic E-state index is 12.8. The van der Waals surface area contributed by atoms with Gasteiger partial charge in [-0.2, -0.15) is 4.98 Å². The number of fused-ring (bicyclic) bond motifs is 1. The van der Waals surface area contributed by atoms with E-state index in [0.717, 1.165) is 21.8 Å². The van der Waals surface area contributed by atoms with Gasteiger partial charge in [0.25, 0.3) is 5.91 Å². The summed E-state index contributed by atoms with van der Waals surface area (Å²) < 4.78 is 7.13. The maximum absolute atomic E-state index is 12.8. The number of benzene rings is 2. The van der Waals surface area contributed by atoms with E-state index in [4.69, 9.17) is 4.52 Å². The Hall–Kier alpha value is -3.13. The van der Waals surface area contributed by atoms with Crippen LogP contribution in [-0.4, -0.2) is 25.6 Å². The Balaban J connectivity index is 1.46. The number of rotatable bonds is 6. The molecule has 4 rings (SSSR count). The number of hydrogen-bond donors (Lipinski definition) is 1. The molecule has 1 amide bonds. The molecule has 0 saturated heterocycles. The average Bonchev–Trinajstić information content (AvgIpc) is 3.28. The summed E-state index contributed by atoms with van der Waals surface area (Å²) in [6.07, 6.45) is 0. The predicted octanol–water partition coefficient (Wildman–Crippen LogP) is 3.49. The largest absolute Gasteiger partial charge is 0.345 e. The lowest BCUT2D eigenvalue weighted by Crippen LogP contribution is -2.24. The lowest BCUT2D eigenvalue weighted by Gasteiger charge is -2.09. The zero-order chi connectivity index (χ0) is 19.5. The Morgan fingerprint density at radius 2 is 1.93 bits per heavy atom. The lowest BCUT2D eigenvalue weighted by molar-refractivity contribution is 0.0946. The van der Waals surface area contributed by atoms with E-state index in [-0.39, 0.29) is 5.91 Å². The van der Waals surface area contributed by atoms with Crippen LogP contribution in [0.4, 0.5) is 0 Å². The number of nitrogens with one attached hydrogen (secondary N) is 1. The van der Waals surface area contributed by atoms with Crippen LogP contribution in [0.3, 0.4) is 0 Å². The minimum Gasteiger partial charge on any atom is -0.345 e. The Labute approximate surface area is 166 Å².